The van der Waals surface area contributed by atoms with Crippen LogP contribution in [0.25, 0.3) is 11.3 Å². The van der Waals surface area contributed by atoms with E-state index in [0.29, 0.717) is 34.9 Å². The molecule has 34 heavy (non-hydrogen) atoms. The Morgan fingerprint density at radius 2 is 1.65 bits per heavy atom. The number of hydrogen-bond donors (Lipinski definition) is 1. The van der Waals surface area contributed by atoms with E-state index in [1.807, 2.05) is 0 Å². The van der Waals surface area contributed by atoms with Gasteiger partial charge in [0.05, 0.1) is 11.1 Å². The molecule has 2 fully saturated rings. The van der Waals surface area contributed by atoms with Gasteiger partial charge in [-0.3, -0.25) is 10.1 Å². The summed E-state index contributed by atoms with van der Waals surface area (Å²) in [6.45, 7) is 3.74. The first-order valence-electron chi connectivity index (χ1n) is 11.2. The molecule has 2 aliphatic heterocycles. The second-order valence-corrected chi connectivity index (χ2v) is 8.55. The molecule has 2 aromatic heterocycles. The van der Waals surface area contributed by atoms with E-state index >= 15 is 0 Å². The van der Waals surface area contributed by atoms with Crippen LogP contribution in [-0.2, 0) is 0 Å². The van der Waals surface area contributed by atoms with Crippen LogP contribution in [0.4, 0.5) is 23.5 Å². The Morgan fingerprint density at radius 1 is 1.00 bits per heavy atom. The van der Waals surface area contributed by atoms with Crippen molar-refractivity contribution in [1.82, 2.24) is 15.0 Å². The quantitative estimate of drug-likeness (QED) is 0.297. The molecule has 176 valence electrons. The molecule has 0 bridgehead atoms. The maximum Gasteiger partial charge on any atom is 0.288 e. The summed E-state index contributed by atoms with van der Waals surface area (Å²) in [5.41, 5.74) is 3.26. The van der Waals surface area contributed by atoms with Crippen molar-refractivity contribution in [3.05, 3.63) is 51.2 Å². The van der Waals surface area contributed by atoms with Crippen molar-refractivity contribution < 1.29 is 9.34 Å². The number of nitro groups is 1. The van der Waals surface area contributed by atoms with Crippen molar-refractivity contribution in [3.63, 3.8) is 0 Å². The number of benzene rings is 1. The monoisotopic (exact) mass is 482 g/mol. The summed E-state index contributed by atoms with van der Waals surface area (Å²) in [5, 5.41) is 15.4. The Labute approximate surface area is 200 Å². The fourth-order valence-electron chi connectivity index (χ4n) is 4.06. The normalized spacial score (nSPS) is 16.0. The zero-order valence-electron chi connectivity index (χ0n) is 18.4. The molecule has 0 amide bonds. The highest BCUT2D eigenvalue weighted by Gasteiger charge is 2.21. The first kappa shape index (κ1) is 22.1. The van der Waals surface area contributed by atoms with Crippen molar-refractivity contribution in [2.75, 3.05) is 41.4 Å². The van der Waals surface area contributed by atoms with Crippen LogP contribution in [0.5, 0.6) is 0 Å². The second kappa shape index (κ2) is 9.64. The van der Waals surface area contributed by atoms with Crippen molar-refractivity contribution in [1.29, 1.82) is 0 Å². The smallest absolute Gasteiger partial charge is 0.288 e. The maximum atomic E-state index is 11.1. The zero-order valence-corrected chi connectivity index (χ0v) is 19.1. The standard InChI is InChI=1S/C22H23ClN8O3/c23-17-7-5-15(13-18(17)31(32)33)19-8-6-16(34-19)14-24-28-20-25-21(29-9-1-2-10-29)27-22(26-20)30-11-3-4-12-30/h5-8,13-14H,1-4,9-12H2,(H,25,26,27,28)/b24-14-. The van der Waals surface area contributed by atoms with Gasteiger partial charge in [-0.1, -0.05) is 11.6 Å². The van der Waals surface area contributed by atoms with E-state index in [-0.39, 0.29) is 10.7 Å². The van der Waals surface area contributed by atoms with Gasteiger partial charge < -0.3 is 14.2 Å². The minimum Gasteiger partial charge on any atom is -0.455 e. The topological polar surface area (TPSA) is 126 Å². The molecule has 0 aliphatic carbocycles. The molecule has 0 atom stereocenters. The van der Waals surface area contributed by atoms with Gasteiger partial charge in [0.2, 0.25) is 17.8 Å². The lowest BCUT2D eigenvalue weighted by molar-refractivity contribution is -0.384. The number of furan rings is 1. The maximum absolute atomic E-state index is 11.1. The summed E-state index contributed by atoms with van der Waals surface area (Å²) in [4.78, 5) is 28.7. The second-order valence-electron chi connectivity index (χ2n) is 8.14. The SMILES string of the molecule is O=[N+]([O-])c1cc(-c2ccc(/C=N\Nc3nc(N4CCCC4)nc(N4CCCC4)n3)o2)ccc1Cl. The number of hydrogen-bond acceptors (Lipinski definition) is 10. The van der Waals surface area contributed by atoms with Gasteiger partial charge in [0, 0.05) is 37.8 Å². The Hall–Kier alpha value is -3.73. The van der Waals surface area contributed by atoms with Crippen LogP contribution >= 0.6 is 11.6 Å². The first-order chi connectivity index (χ1) is 16.6. The lowest BCUT2D eigenvalue weighted by atomic mass is 10.1. The van der Waals surface area contributed by atoms with Crippen LogP contribution in [-0.4, -0.2) is 52.3 Å². The number of rotatable bonds is 7. The molecule has 2 aliphatic rings. The fourth-order valence-corrected chi connectivity index (χ4v) is 4.24. The molecule has 3 aromatic rings. The highest BCUT2D eigenvalue weighted by atomic mass is 35.5. The zero-order chi connectivity index (χ0) is 23.5. The van der Waals surface area contributed by atoms with Crippen LogP contribution in [0.2, 0.25) is 5.02 Å². The lowest BCUT2D eigenvalue weighted by Crippen LogP contribution is -2.25. The third-order valence-corrected chi connectivity index (χ3v) is 6.12. The van der Waals surface area contributed by atoms with E-state index < -0.39 is 4.92 Å². The highest BCUT2D eigenvalue weighted by molar-refractivity contribution is 6.32. The molecule has 4 heterocycles. The van der Waals surface area contributed by atoms with Gasteiger partial charge in [-0.05, 0) is 49.9 Å². The summed E-state index contributed by atoms with van der Waals surface area (Å²) in [6.07, 6.45) is 6.02. The van der Waals surface area contributed by atoms with E-state index in [9.17, 15) is 10.1 Å². The van der Waals surface area contributed by atoms with Crippen LogP contribution in [0, 0.1) is 10.1 Å². The molecule has 0 unspecified atom stereocenters. The summed E-state index contributed by atoms with van der Waals surface area (Å²) >= 11 is 5.89. The van der Waals surface area contributed by atoms with E-state index in [1.165, 1.54) is 18.3 Å². The van der Waals surface area contributed by atoms with E-state index in [1.54, 1.807) is 18.2 Å². The Morgan fingerprint density at radius 3 is 2.26 bits per heavy atom. The van der Waals surface area contributed by atoms with Gasteiger partial charge in [0.1, 0.15) is 16.5 Å². The average molecular weight is 483 g/mol. The Balaban J connectivity index is 1.33. The molecule has 12 heteroatoms. The first-order valence-corrected chi connectivity index (χ1v) is 11.5. The van der Waals surface area contributed by atoms with Gasteiger partial charge >= 0.3 is 0 Å². The Bertz CT molecular complexity index is 1180. The summed E-state index contributed by atoms with van der Waals surface area (Å²) in [5.74, 6) is 2.63. The number of hydrazone groups is 1. The van der Waals surface area contributed by atoms with Crippen molar-refractivity contribution in [2.45, 2.75) is 25.7 Å². The third kappa shape index (κ3) is 4.79. The molecule has 1 aromatic carbocycles. The molecule has 0 radical (unpaired) electrons. The molecule has 0 saturated carbocycles. The molecular formula is C22H23ClN8O3. The van der Waals surface area contributed by atoms with Gasteiger partial charge in [-0.25, -0.2) is 5.43 Å². The Kier molecular flexibility index (Phi) is 6.26. The fraction of sp³-hybridized carbons (Fsp3) is 0.364. The molecule has 2 saturated heterocycles. The summed E-state index contributed by atoms with van der Waals surface area (Å²) in [6, 6.07) is 7.96. The minimum atomic E-state index is -0.525. The van der Waals surface area contributed by atoms with Gasteiger partial charge in [0.25, 0.3) is 5.69 Å². The van der Waals surface area contributed by atoms with Crippen LogP contribution < -0.4 is 15.2 Å². The summed E-state index contributed by atoms with van der Waals surface area (Å²) < 4.78 is 5.77. The van der Waals surface area contributed by atoms with Crippen LogP contribution in [0.3, 0.4) is 0 Å². The van der Waals surface area contributed by atoms with Crippen molar-refractivity contribution in [2.24, 2.45) is 5.10 Å². The molecule has 0 spiro atoms. The van der Waals surface area contributed by atoms with E-state index in [0.717, 1.165) is 51.9 Å². The molecule has 1 N–H and O–H groups in total. The number of halogens is 1. The number of nitrogens with zero attached hydrogens (tertiary/aromatic N) is 7. The summed E-state index contributed by atoms with van der Waals surface area (Å²) in [7, 11) is 0. The minimum absolute atomic E-state index is 0.0743. The molecule has 11 nitrogen and oxygen atoms in total. The largest absolute Gasteiger partial charge is 0.455 e. The number of anilines is 3. The predicted octanol–water partition coefficient (Wildman–Crippen LogP) is 4.34. The molecule has 5 rings (SSSR count). The van der Waals surface area contributed by atoms with Gasteiger partial charge in [0.15, 0.2) is 0 Å². The van der Waals surface area contributed by atoms with Gasteiger partial charge in [-0.2, -0.15) is 20.1 Å². The van der Waals surface area contributed by atoms with E-state index in [2.05, 4.69) is 35.3 Å². The third-order valence-electron chi connectivity index (χ3n) is 5.80. The van der Waals surface area contributed by atoms with Crippen molar-refractivity contribution in [3.8, 4) is 11.3 Å². The average Bonchev–Trinajstić information content (AvgIpc) is 3.62. The van der Waals surface area contributed by atoms with Crippen LogP contribution in [0.1, 0.15) is 31.4 Å². The number of nitrogens with one attached hydrogen (secondary N) is 1. The van der Waals surface area contributed by atoms with Crippen molar-refractivity contribution >= 4 is 41.3 Å². The van der Waals surface area contributed by atoms with Crippen LogP contribution in [0.15, 0.2) is 39.9 Å². The highest BCUT2D eigenvalue weighted by Crippen LogP contribution is 2.31. The number of aromatic nitrogens is 3. The van der Waals surface area contributed by atoms with Gasteiger partial charge in [-0.15, -0.1) is 0 Å². The molecular weight excluding hydrogens is 460 g/mol. The predicted molar refractivity (Wildman–Crippen MR) is 130 cm³/mol. The number of nitro benzene ring substituents is 1. The van der Waals surface area contributed by atoms with E-state index in [4.69, 9.17) is 16.0 Å². The lowest BCUT2D eigenvalue weighted by Gasteiger charge is -2.20.